The van der Waals surface area contributed by atoms with Crippen LogP contribution in [0.4, 0.5) is 5.95 Å². The van der Waals surface area contributed by atoms with Crippen molar-refractivity contribution >= 4 is 5.95 Å². The Kier molecular flexibility index (Phi) is 3.78. The molecule has 0 bridgehead atoms. The molecule has 8 heteroatoms. The van der Waals surface area contributed by atoms with E-state index in [2.05, 4.69) is 35.3 Å². The topological polar surface area (TPSA) is 90.6 Å². The summed E-state index contributed by atoms with van der Waals surface area (Å²) in [5, 5.41) is 19.7. The summed E-state index contributed by atoms with van der Waals surface area (Å²) in [5.41, 5.74) is 1.66. The van der Waals surface area contributed by atoms with Gasteiger partial charge in [0.2, 0.25) is 5.95 Å². The Morgan fingerprint density at radius 1 is 1.25 bits per heavy atom. The maximum atomic E-state index is 5.25. The average Bonchev–Trinajstić information content (AvgIpc) is 3.24. The molecule has 0 amide bonds. The largest absolute Gasteiger partial charge is 0.497 e. The van der Waals surface area contributed by atoms with Crippen molar-refractivity contribution in [3.63, 3.8) is 0 Å². The van der Waals surface area contributed by atoms with Crippen LogP contribution in [-0.4, -0.2) is 37.1 Å². The van der Waals surface area contributed by atoms with E-state index in [1.54, 1.807) is 13.3 Å². The Labute approximate surface area is 138 Å². The van der Waals surface area contributed by atoms with E-state index in [-0.39, 0.29) is 0 Å². The molecule has 8 nitrogen and oxygen atoms in total. The van der Waals surface area contributed by atoms with Gasteiger partial charge in [-0.15, -0.1) is 15.3 Å². The fraction of sp³-hybridized carbons (Fsp3) is 0.312. The van der Waals surface area contributed by atoms with Crippen LogP contribution in [0.5, 0.6) is 5.75 Å². The third-order valence-electron chi connectivity index (χ3n) is 4.02. The van der Waals surface area contributed by atoms with E-state index in [9.17, 15) is 0 Å². The van der Waals surface area contributed by atoms with Crippen molar-refractivity contribution in [2.75, 3.05) is 12.4 Å². The van der Waals surface area contributed by atoms with E-state index < -0.39 is 0 Å². The minimum atomic E-state index is 0.464. The summed E-state index contributed by atoms with van der Waals surface area (Å²) < 4.78 is 7.39. The number of aryl methyl sites for hydroxylation is 1. The second-order valence-electron chi connectivity index (χ2n) is 5.54. The molecular weight excluding hydrogens is 306 g/mol. The van der Waals surface area contributed by atoms with Crippen molar-refractivity contribution < 1.29 is 4.74 Å². The normalized spacial score (nSPS) is 12.9. The van der Waals surface area contributed by atoms with Gasteiger partial charge in [-0.05, 0) is 18.6 Å². The second-order valence-corrected chi connectivity index (χ2v) is 5.54. The molecule has 122 valence electrons. The zero-order valence-electron chi connectivity index (χ0n) is 13.3. The Balaban J connectivity index is 1.52. The summed E-state index contributed by atoms with van der Waals surface area (Å²) in [5.74, 6) is 3.19. The molecule has 0 unspecified atom stereocenters. The summed E-state index contributed by atoms with van der Waals surface area (Å²) in [6.07, 6.45) is 3.76. The number of fused-ring (bicyclic) bond motifs is 1. The standard InChI is InChI=1S/C16H17N7O/c1-24-12-5-2-4-11(8-12)13-9-18-22-16(19-13)17-10-15-21-20-14-6-3-7-23(14)15/h2,4-5,8-9H,3,6-7,10H2,1H3,(H,17,19,22). The predicted molar refractivity (Wildman–Crippen MR) is 87.5 cm³/mol. The van der Waals surface area contributed by atoms with Gasteiger partial charge in [-0.1, -0.05) is 12.1 Å². The minimum absolute atomic E-state index is 0.464. The lowest BCUT2D eigenvalue weighted by Crippen LogP contribution is -2.10. The van der Waals surface area contributed by atoms with E-state index in [4.69, 9.17) is 4.74 Å². The molecule has 2 aromatic heterocycles. The lowest BCUT2D eigenvalue weighted by atomic mass is 10.1. The van der Waals surface area contributed by atoms with Gasteiger partial charge >= 0.3 is 0 Å². The molecule has 0 atom stereocenters. The van der Waals surface area contributed by atoms with Gasteiger partial charge in [0.05, 0.1) is 25.5 Å². The van der Waals surface area contributed by atoms with Gasteiger partial charge < -0.3 is 14.6 Å². The number of nitrogens with zero attached hydrogens (tertiary/aromatic N) is 6. The average molecular weight is 323 g/mol. The van der Waals surface area contributed by atoms with Crippen LogP contribution < -0.4 is 10.1 Å². The Morgan fingerprint density at radius 2 is 2.21 bits per heavy atom. The molecular formula is C16H17N7O. The van der Waals surface area contributed by atoms with Gasteiger partial charge in [-0.3, -0.25) is 0 Å². The number of hydrogen-bond donors (Lipinski definition) is 1. The third-order valence-corrected chi connectivity index (χ3v) is 4.02. The third kappa shape index (κ3) is 2.78. The highest BCUT2D eigenvalue weighted by Gasteiger charge is 2.17. The molecule has 0 spiro atoms. The first kappa shape index (κ1) is 14.6. The van der Waals surface area contributed by atoms with Crippen LogP contribution in [0.3, 0.4) is 0 Å². The summed E-state index contributed by atoms with van der Waals surface area (Å²) in [6.45, 7) is 1.50. The molecule has 3 heterocycles. The van der Waals surface area contributed by atoms with Gasteiger partial charge in [0.15, 0.2) is 5.82 Å². The number of benzene rings is 1. The SMILES string of the molecule is COc1cccc(-c2cnnc(NCc3nnc4n3CCC4)n2)c1. The molecule has 0 saturated carbocycles. The molecule has 24 heavy (non-hydrogen) atoms. The van der Waals surface area contributed by atoms with Gasteiger partial charge in [-0.2, -0.15) is 5.10 Å². The van der Waals surface area contributed by atoms with Gasteiger partial charge in [0.1, 0.15) is 11.6 Å². The van der Waals surface area contributed by atoms with Crippen molar-refractivity contribution in [3.05, 3.63) is 42.1 Å². The monoisotopic (exact) mass is 323 g/mol. The highest BCUT2D eigenvalue weighted by molar-refractivity contribution is 5.61. The molecule has 0 fully saturated rings. The number of hydrogen-bond acceptors (Lipinski definition) is 7. The number of ether oxygens (including phenoxy) is 1. The summed E-state index contributed by atoms with van der Waals surface area (Å²) in [6, 6.07) is 7.69. The van der Waals surface area contributed by atoms with Crippen molar-refractivity contribution in [1.29, 1.82) is 0 Å². The van der Waals surface area contributed by atoms with E-state index in [1.807, 2.05) is 24.3 Å². The first-order chi connectivity index (χ1) is 11.8. The van der Waals surface area contributed by atoms with Crippen molar-refractivity contribution in [1.82, 2.24) is 29.9 Å². The fourth-order valence-corrected chi connectivity index (χ4v) is 2.80. The Bertz CT molecular complexity index is 861. The quantitative estimate of drug-likeness (QED) is 0.764. The smallest absolute Gasteiger partial charge is 0.243 e. The van der Waals surface area contributed by atoms with Crippen molar-refractivity contribution in [3.8, 4) is 17.0 Å². The molecule has 1 aliphatic heterocycles. The second kappa shape index (κ2) is 6.23. The Morgan fingerprint density at radius 3 is 3.12 bits per heavy atom. The zero-order valence-corrected chi connectivity index (χ0v) is 13.3. The van der Waals surface area contributed by atoms with Gasteiger partial charge in [0.25, 0.3) is 0 Å². The van der Waals surface area contributed by atoms with Crippen LogP contribution in [0.2, 0.25) is 0 Å². The summed E-state index contributed by atoms with van der Waals surface area (Å²) in [7, 11) is 1.64. The van der Waals surface area contributed by atoms with Gasteiger partial charge in [-0.25, -0.2) is 4.98 Å². The van der Waals surface area contributed by atoms with Crippen LogP contribution in [0, 0.1) is 0 Å². The van der Waals surface area contributed by atoms with Crippen LogP contribution >= 0.6 is 0 Å². The molecule has 4 rings (SSSR count). The molecule has 1 aliphatic rings. The number of rotatable bonds is 5. The van der Waals surface area contributed by atoms with E-state index in [0.29, 0.717) is 12.5 Å². The summed E-state index contributed by atoms with van der Waals surface area (Å²) >= 11 is 0. The number of aromatic nitrogens is 6. The maximum Gasteiger partial charge on any atom is 0.243 e. The van der Waals surface area contributed by atoms with E-state index >= 15 is 0 Å². The lowest BCUT2D eigenvalue weighted by Gasteiger charge is -2.07. The molecule has 3 aromatic rings. The summed E-state index contributed by atoms with van der Waals surface area (Å²) in [4.78, 5) is 4.51. The van der Waals surface area contributed by atoms with Crippen molar-refractivity contribution in [2.24, 2.45) is 0 Å². The fourth-order valence-electron chi connectivity index (χ4n) is 2.80. The lowest BCUT2D eigenvalue weighted by molar-refractivity contribution is 0.415. The first-order valence-corrected chi connectivity index (χ1v) is 7.82. The molecule has 0 radical (unpaired) electrons. The van der Waals surface area contributed by atoms with Crippen LogP contribution in [0.25, 0.3) is 11.3 Å². The molecule has 0 aliphatic carbocycles. The number of methoxy groups -OCH3 is 1. The van der Waals surface area contributed by atoms with E-state index in [1.165, 1.54) is 0 Å². The zero-order chi connectivity index (χ0) is 16.4. The predicted octanol–water partition coefficient (Wildman–Crippen LogP) is 1.70. The first-order valence-electron chi connectivity index (χ1n) is 7.82. The molecule has 1 N–H and O–H groups in total. The molecule has 1 aromatic carbocycles. The van der Waals surface area contributed by atoms with Gasteiger partial charge in [0, 0.05) is 18.5 Å². The maximum absolute atomic E-state index is 5.25. The number of anilines is 1. The minimum Gasteiger partial charge on any atom is -0.497 e. The van der Waals surface area contributed by atoms with Crippen LogP contribution in [-0.2, 0) is 19.5 Å². The highest BCUT2D eigenvalue weighted by atomic mass is 16.5. The van der Waals surface area contributed by atoms with E-state index in [0.717, 1.165) is 48.0 Å². The number of nitrogens with one attached hydrogen (secondary N) is 1. The Hall–Kier alpha value is -3.03. The van der Waals surface area contributed by atoms with Crippen LogP contribution in [0.1, 0.15) is 18.1 Å². The molecule has 0 saturated heterocycles. The highest BCUT2D eigenvalue weighted by Crippen LogP contribution is 2.22. The van der Waals surface area contributed by atoms with Crippen LogP contribution in [0.15, 0.2) is 30.5 Å². The van der Waals surface area contributed by atoms with Crippen molar-refractivity contribution in [2.45, 2.75) is 25.9 Å².